The van der Waals surface area contributed by atoms with E-state index in [2.05, 4.69) is 54.3 Å². The van der Waals surface area contributed by atoms with Gasteiger partial charge in [0.15, 0.2) is 5.96 Å². The Hall–Kier alpha value is -1.26. The monoisotopic (exact) mass is 364 g/mol. The number of halogens is 1. The maximum Gasteiger partial charge on any atom is 0.191 e. The first kappa shape index (κ1) is 20.1. The molecule has 0 saturated carbocycles. The van der Waals surface area contributed by atoms with Gasteiger partial charge in [-0.2, -0.15) is 0 Å². The molecule has 1 aromatic rings. The maximum atomic E-state index is 6.37. The van der Waals surface area contributed by atoms with Gasteiger partial charge in [0.05, 0.1) is 0 Å². The minimum absolute atomic E-state index is 0.0725. The highest BCUT2D eigenvalue weighted by Gasteiger charge is 2.25. The Kier molecular flexibility index (Phi) is 7.14. The number of nitrogens with one attached hydrogen (secondary N) is 2. The highest BCUT2D eigenvalue weighted by molar-refractivity contribution is 6.31. The molecule has 1 aromatic carbocycles. The van der Waals surface area contributed by atoms with E-state index in [9.17, 15) is 0 Å². The van der Waals surface area contributed by atoms with E-state index >= 15 is 0 Å². The van der Waals surface area contributed by atoms with Crippen LogP contribution in [0.15, 0.2) is 29.3 Å². The zero-order chi connectivity index (χ0) is 18.4. The largest absolute Gasteiger partial charge is 0.356 e. The molecule has 0 amide bonds. The molecule has 4 nitrogen and oxygen atoms in total. The molecule has 140 valence electrons. The molecule has 1 heterocycles. The van der Waals surface area contributed by atoms with E-state index < -0.39 is 0 Å². The van der Waals surface area contributed by atoms with Crippen molar-refractivity contribution in [1.29, 1.82) is 0 Å². The Labute approximate surface area is 158 Å². The fraction of sp³-hybridized carbons (Fsp3) is 0.650. The molecule has 2 rings (SSSR count). The van der Waals surface area contributed by atoms with Gasteiger partial charge in [-0.15, -0.1) is 0 Å². The van der Waals surface area contributed by atoms with Crippen LogP contribution in [0.2, 0.25) is 5.02 Å². The molecule has 0 aliphatic carbocycles. The molecule has 5 heteroatoms. The van der Waals surface area contributed by atoms with Crippen LogP contribution >= 0.6 is 11.6 Å². The molecule has 1 aliphatic rings. The molecular formula is C20H33ClN4. The number of hydrogen-bond acceptors (Lipinski definition) is 2. The minimum atomic E-state index is -0.0725. The minimum Gasteiger partial charge on any atom is -0.356 e. The molecule has 0 unspecified atom stereocenters. The first-order chi connectivity index (χ1) is 11.8. The summed E-state index contributed by atoms with van der Waals surface area (Å²) in [6.45, 7) is 12.0. The molecule has 25 heavy (non-hydrogen) atoms. The molecule has 1 aliphatic heterocycles. The van der Waals surface area contributed by atoms with Crippen LogP contribution < -0.4 is 10.6 Å². The maximum absolute atomic E-state index is 6.37. The number of nitrogens with zero attached hydrogens (tertiary/aromatic N) is 2. The quantitative estimate of drug-likeness (QED) is 0.618. The third-order valence-electron chi connectivity index (χ3n) is 5.13. The summed E-state index contributed by atoms with van der Waals surface area (Å²) in [6.07, 6.45) is 2.32. The van der Waals surface area contributed by atoms with Gasteiger partial charge in [-0.1, -0.05) is 43.6 Å². The van der Waals surface area contributed by atoms with Crippen molar-refractivity contribution in [2.75, 3.05) is 26.7 Å². The number of likely N-dealkylation sites (tertiary alicyclic amines) is 1. The summed E-state index contributed by atoms with van der Waals surface area (Å²) in [5.74, 6) is 0.878. The van der Waals surface area contributed by atoms with Crippen molar-refractivity contribution in [2.45, 2.75) is 58.0 Å². The Morgan fingerprint density at radius 3 is 2.48 bits per heavy atom. The zero-order valence-electron chi connectivity index (χ0n) is 16.3. The van der Waals surface area contributed by atoms with Crippen LogP contribution in [0.4, 0.5) is 0 Å². The lowest BCUT2D eigenvalue weighted by Crippen LogP contribution is -2.51. The Bertz CT molecular complexity index is 575. The third-order valence-corrected chi connectivity index (χ3v) is 5.45. The van der Waals surface area contributed by atoms with E-state index in [0.717, 1.165) is 49.0 Å². The normalized spacial score (nSPS) is 17.8. The molecule has 1 fully saturated rings. The summed E-state index contributed by atoms with van der Waals surface area (Å²) >= 11 is 6.37. The summed E-state index contributed by atoms with van der Waals surface area (Å²) in [6, 6.07) is 9.19. The van der Waals surface area contributed by atoms with Gasteiger partial charge < -0.3 is 15.5 Å². The van der Waals surface area contributed by atoms with Gasteiger partial charge in [0.2, 0.25) is 0 Å². The Balaban J connectivity index is 1.87. The van der Waals surface area contributed by atoms with E-state index in [4.69, 9.17) is 11.6 Å². The van der Waals surface area contributed by atoms with Crippen molar-refractivity contribution in [3.05, 3.63) is 34.9 Å². The Morgan fingerprint density at radius 1 is 1.28 bits per heavy atom. The molecule has 0 radical (unpaired) electrons. The molecule has 0 atom stereocenters. The fourth-order valence-electron chi connectivity index (χ4n) is 3.36. The van der Waals surface area contributed by atoms with Crippen molar-refractivity contribution < 1.29 is 0 Å². The summed E-state index contributed by atoms with van der Waals surface area (Å²) in [5, 5.41) is 7.88. The van der Waals surface area contributed by atoms with Gasteiger partial charge in [0.25, 0.3) is 0 Å². The summed E-state index contributed by atoms with van der Waals surface area (Å²) in [4.78, 5) is 6.94. The number of benzene rings is 1. The van der Waals surface area contributed by atoms with Crippen LogP contribution in [-0.4, -0.2) is 49.6 Å². The highest BCUT2D eigenvalue weighted by Crippen LogP contribution is 2.29. The van der Waals surface area contributed by atoms with Gasteiger partial charge in [0.1, 0.15) is 0 Å². The summed E-state index contributed by atoms with van der Waals surface area (Å²) in [5.41, 5.74) is 1.08. The lowest BCUT2D eigenvalue weighted by Gasteiger charge is -2.35. The smallest absolute Gasteiger partial charge is 0.191 e. The first-order valence-electron chi connectivity index (χ1n) is 9.29. The number of hydrogen-bond donors (Lipinski definition) is 2. The van der Waals surface area contributed by atoms with E-state index in [-0.39, 0.29) is 5.41 Å². The van der Waals surface area contributed by atoms with Crippen molar-refractivity contribution in [3.8, 4) is 0 Å². The lowest BCUT2D eigenvalue weighted by atomic mass is 9.84. The molecule has 0 bridgehead atoms. The van der Waals surface area contributed by atoms with E-state index in [1.54, 1.807) is 0 Å². The molecule has 0 spiro atoms. The third kappa shape index (κ3) is 5.61. The second kappa shape index (κ2) is 8.91. The van der Waals surface area contributed by atoms with Gasteiger partial charge in [-0.05, 0) is 38.3 Å². The summed E-state index contributed by atoms with van der Waals surface area (Å²) < 4.78 is 0. The van der Waals surface area contributed by atoms with Crippen molar-refractivity contribution in [2.24, 2.45) is 4.99 Å². The second-order valence-corrected chi connectivity index (χ2v) is 8.25. The number of piperidine rings is 1. The van der Waals surface area contributed by atoms with Gasteiger partial charge in [0, 0.05) is 49.2 Å². The number of rotatable bonds is 5. The molecule has 2 N–H and O–H groups in total. The summed E-state index contributed by atoms with van der Waals surface area (Å²) in [7, 11) is 1.83. The number of aliphatic imine (C=N–C) groups is 1. The van der Waals surface area contributed by atoms with Crippen LogP contribution in [0, 0.1) is 0 Å². The van der Waals surface area contributed by atoms with E-state index in [0.29, 0.717) is 12.1 Å². The zero-order valence-corrected chi connectivity index (χ0v) is 17.0. The van der Waals surface area contributed by atoms with Gasteiger partial charge in [-0.3, -0.25) is 4.99 Å². The fourth-order valence-corrected chi connectivity index (χ4v) is 3.75. The van der Waals surface area contributed by atoms with E-state index in [1.165, 1.54) is 0 Å². The highest BCUT2D eigenvalue weighted by atomic mass is 35.5. The first-order valence-corrected chi connectivity index (χ1v) is 9.67. The number of guanidine groups is 1. The van der Waals surface area contributed by atoms with Crippen molar-refractivity contribution in [1.82, 2.24) is 15.5 Å². The Morgan fingerprint density at radius 2 is 1.92 bits per heavy atom. The van der Waals surface area contributed by atoms with Gasteiger partial charge in [-0.25, -0.2) is 0 Å². The lowest BCUT2D eigenvalue weighted by molar-refractivity contribution is 0.167. The standard InChI is InChI=1S/C20H33ClN4/c1-15(2)25-12-10-16(11-13-25)24-19(22-5)23-14-20(3,4)17-8-6-7-9-18(17)21/h6-9,15-16H,10-14H2,1-5H3,(H2,22,23,24). The van der Waals surface area contributed by atoms with Crippen LogP contribution in [0.1, 0.15) is 46.1 Å². The van der Waals surface area contributed by atoms with Crippen molar-refractivity contribution in [3.63, 3.8) is 0 Å². The second-order valence-electron chi connectivity index (χ2n) is 7.84. The van der Waals surface area contributed by atoms with Crippen LogP contribution in [0.5, 0.6) is 0 Å². The molecule has 0 aromatic heterocycles. The predicted octanol–water partition coefficient (Wildman–Crippen LogP) is 3.66. The molecule has 1 saturated heterocycles. The topological polar surface area (TPSA) is 39.7 Å². The average Bonchev–Trinajstić information content (AvgIpc) is 2.59. The predicted molar refractivity (Wildman–Crippen MR) is 109 cm³/mol. The van der Waals surface area contributed by atoms with Crippen molar-refractivity contribution >= 4 is 17.6 Å². The van der Waals surface area contributed by atoms with Crippen LogP contribution in [0.25, 0.3) is 0 Å². The van der Waals surface area contributed by atoms with Crippen LogP contribution in [-0.2, 0) is 5.41 Å². The SMILES string of the molecule is CN=C(NCC(C)(C)c1ccccc1Cl)NC1CCN(C(C)C)CC1. The van der Waals surface area contributed by atoms with Crippen LogP contribution in [0.3, 0.4) is 0 Å². The van der Waals surface area contributed by atoms with E-state index in [1.807, 2.05) is 25.2 Å². The average molecular weight is 365 g/mol. The van der Waals surface area contributed by atoms with Gasteiger partial charge >= 0.3 is 0 Å². The molecular weight excluding hydrogens is 332 g/mol.